The lowest BCUT2D eigenvalue weighted by atomic mass is 9.89. The molecule has 0 bridgehead atoms. The number of aryl methyl sites for hydroxylation is 3. The molecule has 21 heavy (non-hydrogen) atoms. The fourth-order valence-electron chi connectivity index (χ4n) is 3.10. The lowest BCUT2D eigenvalue weighted by molar-refractivity contribution is 0.571. The van der Waals surface area contributed by atoms with Gasteiger partial charge in [0.1, 0.15) is 0 Å². The van der Waals surface area contributed by atoms with Gasteiger partial charge in [-0.2, -0.15) is 0 Å². The predicted octanol–water partition coefficient (Wildman–Crippen LogP) is 4.12. The van der Waals surface area contributed by atoms with Crippen LogP contribution in [-0.4, -0.2) is 4.98 Å². The predicted molar refractivity (Wildman–Crippen MR) is 87.3 cm³/mol. The minimum absolute atomic E-state index is 0.379. The average Bonchev–Trinajstić information content (AvgIpc) is 2.53. The number of benzene rings is 1. The number of hydrogen-bond donors (Lipinski definition) is 1. The first-order valence-electron chi connectivity index (χ1n) is 7.98. The van der Waals surface area contributed by atoms with Crippen LogP contribution in [0.2, 0.25) is 0 Å². The first-order chi connectivity index (χ1) is 10.2. The molecule has 0 aliphatic heterocycles. The standard InChI is InChI=1S/C19H24N2/c1-14-12-20-10-9-19(14)13-21-15(2)17-8-7-16-5-3-4-6-18(16)11-17/h7-12,15,21H,3-6,13H2,1-2H3. The summed E-state index contributed by atoms with van der Waals surface area (Å²) in [4.78, 5) is 4.15. The third kappa shape index (κ3) is 3.33. The quantitative estimate of drug-likeness (QED) is 0.911. The molecule has 1 N–H and O–H groups in total. The second-order valence-electron chi connectivity index (χ2n) is 6.14. The van der Waals surface area contributed by atoms with Crippen LogP contribution in [0.15, 0.2) is 36.7 Å². The zero-order valence-corrected chi connectivity index (χ0v) is 13.0. The van der Waals surface area contributed by atoms with Crippen molar-refractivity contribution >= 4 is 0 Å². The van der Waals surface area contributed by atoms with Gasteiger partial charge < -0.3 is 5.32 Å². The van der Waals surface area contributed by atoms with E-state index in [9.17, 15) is 0 Å². The Morgan fingerprint density at radius 3 is 2.76 bits per heavy atom. The molecular weight excluding hydrogens is 256 g/mol. The Hall–Kier alpha value is -1.67. The molecule has 1 unspecified atom stereocenters. The molecule has 0 spiro atoms. The van der Waals surface area contributed by atoms with Crippen LogP contribution in [0.25, 0.3) is 0 Å². The van der Waals surface area contributed by atoms with E-state index in [0.717, 1.165) is 6.54 Å². The van der Waals surface area contributed by atoms with Crippen LogP contribution in [-0.2, 0) is 19.4 Å². The van der Waals surface area contributed by atoms with Crippen molar-refractivity contribution in [1.29, 1.82) is 0 Å². The van der Waals surface area contributed by atoms with Gasteiger partial charge in [0.15, 0.2) is 0 Å². The third-order valence-electron chi connectivity index (χ3n) is 4.61. The van der Waals surface area contributed by atoms with E-state index in [1.54, 1.807) is 11.1 Å². The van der Waals surface area contributed by atoms with Crippen molar-refractivity contribution in [2.75, 3.05) is 0 Å². The van der Waals surface area contributed by atoms with Crippen LogP contribution in [0.4, 0.5) is 0 Å². The minimum atomic E-state index is 0.379. The number of nitrogens with one attached hydrogen (secondary N) is 1. The van der Waals surface area contributed by atoms with Crippen molar-refractivity contribution in [3.05, 3.63) is 64.5 Å². The zero-order chi connectivity index (χ0) is 14.7. The summed E-state index contributed by atoms with van der Waals surface area (Å²) < 4.78 is 0. The van der Waals surface area contributed by atoms with Gasteiger partial charge in [-0.25, -0.2) is 0 Å². The van der Waals surface area contributed by atoms with E-state index in [2.05, 4.69) is 48.4 Å². The number of hydrogen-bond acceptors (Lipinski definition) is 2. The second kappa shape index (κ2) is 6.40. The molecule has 2 heteroatoms. The fourth-order valence-corrected chi connectivity index (χ4v) is 3.10. The van der Waals surface area contributed by atoms with Crippen molar-refractivity contribution in [1.82, 2.24) is 10.3 Å². The molecule has 1 aliphatic rings. The summed E-state index contributed by atoms with van der Waals surface area (Å²) in [6.45, 7) is 5.27. The molecule has 110 valence electrons. The number of rotatable bonds is 4. The maximum Gasteiger partial charge on any atom is 0.0300 e. The molecule has 0 amide bonds. The topological polar surface area (TPSA) is 24.9 Å². The molecule has 3 rings (SSSR count). The summed E-state index contributed by atoms with van der Waals surface area (Å²) in [7, 11) is 0. The third-order valence-corrected chi connectivity index (χ3v) is 4.61. The van der Waals surface area contributed by atoms with E-state index in [1.807, 2.05) is 12.4 Å². The molecule has 2 aromatic rings. The molecule has 1 aromatic carbocycles. The minimum Gasteiger partial charge on any atom is -0.306 e. The van der Waals surface area contributed by atoms with Crippen molar-refractivity contribution in [2.45, 2.75) is 52.1 Å². The van der Waals surface area contributed by atoms with Gasteiger partial charge in [0.2, 0.25) is 0 Å². The van der Waals surface area contributed by atoms with E-state index in [-0.39, 0.29) is 0 Å². The van der Waals surface area contributed by atoms with Crippen molar-refractivity contribution in [3.63, 3.8) is 0 Å². The molecule has 1 atom stereocenters. The Balaban J connectivity index is 1.68. The Morgan fingerprint density at radius 2 is 1.95 bits per heavy atom. The summed E-state index contributed by atoms with van der Waals surface area (Å²) in [5.41, 5.74) is 7.11. The second-order valence-corrected chi connectivity index (χ2v) is 6.14. The molecule has 0 radical (unpaired) electrons. The summed E-state index contributed by atoms with van der Waals surface area (Å²) >= 11 is 0. The Bertz CT molecular complexity index is 619. The van der Waals surface area contributed by atoms with Crippen LogP contribution < -0.4 is 5.32 Å². The number of nitrogens with zero attached hydrogens (tertiary/aromatic N) is 1. The highest BCUT2D eigenvalue weighted by Crippen LogP contribution is 2.25. The summed E-state index contributed by atoms with van der Waals surface area (Å²) in [5.74, 6) is 0. The summed E-state index contributed by atoms with van der Waals surface area (Å²) in [6.07, 6.45) is 9.00. The SMILES string of the molecule is Cc1cnccc1CNC(C)c1ccc2c(c1)CCCC2. The van der Waals surface area contributed by atoms with Gasteiger partial charge in [0.25, 0.3) is 0 Å². The Labute approximate surface area is 127 Å². The van der Waals surface area contributed by atoms with Gasteiger partial charge >= 0.3 is 0 Å². The molecule has 1 aliphatic carbocycles. The maximum atomic E-state index is 4.15. The fraction of sp³-hybridized carbons (Fsp3) is 0.421. The van der Waals surface area contributed by atoms with Gasteiger partial charge in [0, 0.05) is 25.0 Å². The number of pyridine rings is 1. The monoisotopic (exact) mass is 280 g/mol. The van der Waals surface area contributed by atoms with Crippen LogP contribution in [0, 0.1) is 6.92 Å². The van der Waals surface area contributed by atoms with Crippen LogP contribution in [0.5, 0.6) is 0 Å². The van der Waals surface area contributed by atoms with Crippen LogP contribution in [0.1, 0.15) is 53.6 Å². The van der Waals surface area contributed by atoms with Gasteiger partial charge in [0.05, 0.1) is 0 Å². The van der Waals surface area contributed by atoms with E-state index >= 15 is 0 Å². The summed E-state index contributed by atoms with van der Waals surface area (Å²) in [6, 6.07) is 9.51. The van der Waals surface area contributed by atoms with Gasteiger partial charge in [-0.1, -0.05) is 18.2 Å². The lowest BCUT2D eigenvalue weighted by Crippen LogP contribution is -2.19. The van der Waals surface area contributed by atoms with Crippen molar-refractivity contribution < 1.29 is 0 Å². The highest BCUT2D eigenvalue weighted by atomic mass is 14.9. The Morgan fingerprint density at radius 1 is 1.14 bits per heavy atom. The first kappa shape index (κ1) is 14.3. The molecule has 0 saturated carbocycles. The summed E-state index contributed by atoms with van der Waals surface area (Å²) in [5, 5.41) is 3.64. The smallest absolute Gasteiger partial charge is 0.0300 e. The normalized spacial score (nSPS) is 15.5. The highest BCUT2D eigenvalue weighted by Gasteiger charge is 2.12. The van der Waals surface area contributed by atoms with Crippen molar-refractivity contribution in [3.8, 4) is 0 Å². The van der Waals surface area contributed by atoms with E-state index in [1.165, 1.54) is 42.4 Å². The van der Waals surface area contributed by atoms with Gasteiger partial charge in [-0.3, -0.25) is 4.98 Å². The number of fused-ring (bicyclic) bond motifs is 1. The molecular formula is C19H24N2. The van der Waals surface area contributed by atoms with Gasteiger partial charge in [-0.15, -0.1) is 0 Å². The van der Waals surface area contributed by atoms with E-state index in [0.29, 0.717) is 6.04 Å². The molecule has 1 aromatic heterocycles. The maximum absolute atomic E-state index is 4.15. The zero-order valence-electron chi connectivity index (χ0n) is 13.0. The van der Waals surface area contributed by atoms with Crippen LogP contribution >= 0.6 is 0 Å². The molecule has 0 fully saturated rings. The van der Waals surface area contributed by atoms with E-state index < -0.39 is 0 Å². The molecule has 1 heterocycles. The van der Waals surface area contributed by atoms with Gasteiger partial charge in [-0.05, 0) is 73.4 Å². The highest BCUT2D eigenvalue weighted by molar-refractivity contribution is 5.35. The molecule has 0 saturated heterocycles. The largest absolute Gasteiger partial charge is 0.306 e. The van der Waals surface area contributed by atoms with Crippen LogP contribution in [0.3, 0.4) is 0 Å². The van der Waals surface area contributed by atoms with E-state index in [4.69, 9.17) is 0 Å². The molecule has 2 nitrogen and oxygen atoms in total. The number of aromatic nitrogens is 1. The Kier molecular flexibility index (Phi) is 4.35. The lowest BCUT2D eigenvalue weighted by Gasteiger charge is -2.20. The average molecular weight is 280 g/mol. The van der Waals surface area contributed by atoms with Crippen molar-refractivity contribution in [2.24, 2.45) is 0 Å². The first-order valence-corrected chi connectivity index (χ1v) is 7.98.